The lowest BCUT2D eigenvalue weighted by Crippen LogP contribution is -2.32. The van der Waals surface area contributed by atoms with Crippen molar-refractivity contribution in [2.45, 2.75) is 25.9 Å². The van der Waals surface area contributed by atoms with Gasteiger partial charge >= 0.3 is 5.69 Å². The number of nitrogens with one attached hydrogen (secondary N) is 1. The first kappa shape index (κ1) is 19.2. The predicted molar refractivity (Wildman–Crippen MR) is 118 cm³/mol. The zero-order valence-electron chi connectivity index (χ0n) is 15.9. The van der Waals surface area contributed by atoms with E-state index in [-0.39, 0.29) is 12.5 Å². The zero-order valence-corrected chi connectivity index (χ0v) is 18.3. The summed E-state index contributed by atoms with van der Waals surface area (Å²) in [5.74, 6) is -0.289. The molecule has 0 radical (unpaired) electrons. The van der Waals surface area contributed by atoms with Crippen LogP contribution in [0.5, 0.6) is 0 Å². The molecule has 30 heavy (non-hydrogen) atoms. The van der Waals surface area contributed by atoms with Crippen molar-refractivity contribution in [3.8, 4) is 0 Å². The summed E-state index contributed by atoms with van der Waals surface area (Å²) < 4.78 is 4.21. The van der Waals surface area contributed by atoms with E-state index in [1.165, 1.54) is 26.7 Å². The van der Waals surface area contributed by atoms with Gasteiger partial charge in [-0.2, -0.15) is 4.98 Å². The monoisotopic (exact) mass is 487 g/mol. The van der Waals surface area contributed by atoms with Crippen LogP contribution in [0.25, 0.3) is 16.0 Å². The van der Waals surface area contributed by atoms with E-state index < -0.39 is 5.69 Å². The summed E-state index contributed by atoms with van der Waals surface area (Å²) in [5, 5.41) is 8.13. The Morgan fingerprint density at radius 2 is 2.03 bits per heavy atom. The Hall–Kier alpha value is -2.79. The molecule has 11 heteroatoms. The Balaban J connectivity index is 1.40. The highest BCUT2D eigenvalue weighted by molar-refractivity contribution is 9.10. The van der Waals surface area contributed by atoms with Crippen LogP contribution < -0.4 is 15.9 Å². The number of aromatic nitrogens is 5. The number of thiazole rings is 1. The number of amides is 1. The van der Waals surface area contributed by atoms with E-state index in [2.05, 4.69) is 41.2 Å². The molecule has 1 aromatic carbocycles. The Morgan fingerprint density at radius 1 is 1.23 bits per heavy atom. The first-order valence-corrected chi connectivity index (χ1v) is 11.2. The summed E-state index contributed by atoms with van der Waals surface area (Å²) in [6, 6.07) is 7.65. The first-order valence-electron chi connectivity index (χ1n) is 9.60. The molecule has 4 aromatic rings. The van der Waals surface area contributed by atoms with E-state index in [9.17, 15) is 9.59 Å². The number of hydrogen-bond acceptors (Lipinski definition) is 7. The van der Waals surface area contributed by atoms with Crippen LogP contribution in [0.2, 0.25) is 0 Å². The molecule has 4 heterocycles. The molecule has 3 aromatic heterocycles. The van der Waals surface area contributed by atoms with Gasteiger partial charge in [0.05, 0.1) is 0 Å². The molecule has 1 aliphatic heterocycles. The summed E-state index contributed by atoms with van der Waals surface area (Å²) in [4.78, 5) is 36.3. The van der Waals surface area contributed by atoms with Crippen molar-refractivity contribution in [1.82, 2.24) is 29.5 Å². The zero-order chi connectivity index (χ0) is 20.7. The third-order valence-corrected chi connectivity index (χ3v) is 6.95. The van der Waals surface area contributed by atoms with Gasteiger partial charge in [0.15, 0.2) is 16.4 Å². The van der Waals surface area contributed by atoms with Crippen molar-refractivity contribution in [3.05, 3.63) is 51.1 Å². The Kier molecular flexibility index (Phi) is 4.99. The molecular formula is C19H18BrN7O2S. The summed E-state index contributed by atoms with van der Waals surface area (Å²) in [6.07, 6.45) is 3.74. The van der Waals surface area contributed by atoms with Crippen molar-refractivity contribution in [1.29, 1.82) is 0 Å². The highest BCUT2D eigenvalue weighted by Crippen LogP contribution is 2.31. The average Bonchev–Trinajstić information content (AvgIpc) is 3.47. The highest BCUT2D eigenvalue weighted by Gasteiger charge is 2.20. The number of carbonyl (C=O) groups is 1. The maximum atomic E-state index is 12.7. The second kappa shape index (κ2) is 7.80. The molecule has 0 aliphatic carbocycles. The standard InChI is InChI=1S/C19H18BrN7O2S/c20-13-6-2-1-5-12(13)9-21-14(28)10-27-19(29)26-11-22-16-15(17(26)24-27)30-18(23-16)25-7-3-4-8-25/h1-2,5-6,11H,3-4,7-10H2,(H,21,28). The third kappa shape index (κ3) is 3.47. The van der Waals surface area contributed by atoms with Crippen molar-refractivity contribution in [3.63, 3.8) is 0 Å². The highest BCUT2D eigenvalue weighted by atomic mass is 79.9. The maximum absolute atomic E-state index is 12.7. The Labute approximate surface area is 183 Å². The first-order chi connectivity index (χ1) is 14.6. The Bertz CT molecular complexity index is 1310. The fraction of sp³-hybridized carbons (Fsp3) is 0.316. The van der Waals surface area contributed by atoms with E-state index in [0.717, 1.165) is 45.8 Å². The molecule has 0 spiro atoms. The van der Waals surface area contributed by atoms with Crippen LogP contribution in [0.3, 0.4) is 0 Å². The smallest absolute Gasteiger partial charge is 0.350 e. The number of fused-ring (bicyclic) bond motifs is 3. The molecule has 0 saturated carbocycles. The van der Waals surface area contributed by atoms with Gasteiger partial charge in [-0.1, -0.05) is 45.5 Å². The van der Waals surface area contributed by atoms with E-state index in [4.69, 9.17) is 0 Å². The van der Waals surface area contributed by atoms with Gasteiger partial charge in [-0.25, -0.2) is 18.9 Å². The van der Waals surface area contributed by atoms with Gasteiger partial charge < -0.3 is 10.2 Å². The number of rotatable bonds is 5. The lowest BCUT2D eigenvalue weighted by Gasteiger charge is -2.11. The second-order valence-corrected chi connectivity index (χ2v) is 8.92. The van der Waals surface area contributed by atoms with Crippen LogP contribution in [-0.4, -0.2) is 43.1 Å². The minimum absolute atomic E-state index is 0.162. The molecule has 1 N–H and O–H groups in total. The summed E-state index contributed by atoms with van der Waals surface area (Å²) in [7, 11) is 0. The second-order valence-electron chi connectivity index (χ2n) is 7.09. The molecule has 0 atom stereocenters. The number of anilines is 1. The van der Waals surface area contributed by atoms with E-state index in [0.29, 0.717) is 17.8 Å². The van der Waals surface area contributed by atoms with Crippen LogP contribution in [0.1, 0.15) is 18.4 Å². The SMILES string of the molecule is O=C(Cn1nc2c3sc(N4CCCC4)nc3ncn2c1=O)NCc1ccccc1Br. The van der Waals surface area contributed by atoms with Crippen LogP contribution in [-0.2, 0) is 17.9 Å². The largest absolute Gasteiger partial charge is 0.352 e. The lowest BCUT2D eigenvalue weighted by atomic mass is 10.2. The third-order valence-electron chi connectivity index (χ3n) is 5.07. The normalized spacial score (nSPS) is 14.1. The molecule has 1 saturated heterocycles. The topological polar surface area (TPSA) is 97.4 Å². The van der Waals surface area contributed by atoms with E-state index in [1.807, 2.05) is 24.3 Å². The lowest BCUT2D eigenvalue weighted by molar-refractivity contribution is -0.122. The summed E-state index contributed by atoms with van der Waals surface area (Å²) in [6.45, 7) is 2.16. The quantitative estimate of drug-likeness (QED) is 0.463. The van der Waals surface area contributed by atoms with Crippen molar-refractivity contribution in [2.24, 2.45) is 0 Å². The molecule has 0 bridgehead atoms. The maximum Gasteiger partial charge on any atom is 0.352 e. The van der Waals surface area contributed by atoms with E-state index in [1.54, 1.807) is 0 Å². The molecule has 1 amide bonds. The summed E-state index contributed by atoms with van der Waals surface area (Å²) in [5.41, 5.74) is 1.61. The van der Waals surface area contributed by atoms with Crippen LogP contribution in [0, 0.1) is 0 Å². The average molecular weight is 488 g/mol. The molecule has 5 rings (SSSR count). The molecule has 154 valence electrons. The number of carbonyl (C=O) groups excluding carboxylic acids is 1. The molecular weight excluding hydrogens is 470 g/mol. The summed E-state index contributed by atoms with van der Waals surface area (Å²) >= 11 is 4.95. The van der Waals surface area contributed by atoms with Crippen molar-refractivity contribution < 1.29 is 4.79 Å². The van der Waals surface area contributed by atoms with E-state index >= 15 is 0 Å². The van der Waals surface area contributed by atoms with Gasteiger partial charge in [-0.05, 0) is 24.5 Å². The van der Waals surface area contributed by atoms with Crippen molar-refractivity contribution in [2.75, 3.05) is 18.0 Å². The number of hydrogen-bond donors (Lipinski definition) is 1. The molecule has 1 fully saturated rings. The predicted octanol–water partition coefficient (Wildman–Crippen LogP) is 2.18. The molecule has 0 unspecified atom stereocenters. The van der Waals surface area contributed by atoms with Crippen LogP contribution in [0.4, 0.5) is 5.13 Å². The van der Waals surface area contributed by atoms with Gasteiger partial charge in [-0.3, -0.25) is 4.79 Å². The van der Waals surface area contributed by atoms with Gasteiger partial charge in [0.25, 0.3) is 0 Å². The van der Waals surface area contributed by atoms with Gasteiger partial charge in [-0.15, -0.1) is 5.10 Å². The van der Waals surface area contributed by atoms with Crippen molar-refractivity contribution >= 4 is 54.3 Å². The number of halogens is 1. The minimum atomic E-state index is -0.397. The number of nitrogens with zero attached hydrogens (tertiary/aromatic N) is 6. The fourth-order valence-corrected chi connectivity index (χ4v) is 4.97. The Morgan fingerprint density at radius 3 is 2.83 bits per heavy atom. The van der Waals surface area contributed by atoms with Crippen LogP contribution in [0.15, 0.2) is 39.9 Å². The minimum Gasteiger partial charge on any atom is -0.350 e. The van der Waals surface area contributed by atoms with Gasteiger partial charge in [0.2, 0.25) is 5.91 Å². The fourth-order valence-electron chi connectivity index (χ4n) is 3.50. The van der Waals surface area contributed by atoms with Gasteiger partial charge in [0.1, 0.15) is 17.6 Å². The molecule has 1 aliphatic rings. The molecule has 9 nitrogen and oxygen atoms in total. The van der Waals surface area contributed by atoms with Gasteiger partial charge in [0, 0.05) is 24.1 Å². The number of benzene rings is 1. The van der Waals surface area contributed by atoms with Crippen LogP contribution >= 0.6 is 27.3 Å².